The maximum absolute atomic E-state index is 13.3. The molecular formula is C88H108N2O8. The summed E-state index contributed by atoms with van der Waals surface area (Å²) >= 11 is 0. The first-order valence-corrected chi connectivity index (χ1v) is 38.5. The Labute approximate surface area is 583 Å². The maximum atomic E-state index is 13.3. The number of ketones is 5. The van der Waals surface area contributed by atoms with Gasteiger partial charge >= 0.3 is 0 Å². The van der Waals surface area contributed by atoms with Crippen LogP contribution in [0.15, 0.2) is 155 Å². The van der Waals surface area contributed by atoms with Gasteiger partial charge in [0.1, 0.15) is 5.78 Å². The molecule has 19 atom stereocenters. The van der Waals surface area contributed by atoms with Gasteiger partial charge in [0, 0.05) is 96.1 Å². The molecule has 8 fully saturated rings. The van der Waals surface area contributed by atoms with Crippen LogP contribution >= 0.6 is 0 Å². The zero-order valence-corrected chi connectivity index (χ0v) is 59.9. The van der Waals surface area contributed by atoms with E-state index in [1.807, 2.05) is 84.9 Å². The Balaban J connectivity index is 0.000000160. The number of carbonyl (C=O) groups excluding carboxylic acids is 5. The highest BCUT2D eigenvalue weighted by Crippen LogP contribution is 2.67. The van der Waals surface area contributed by atoms with E-state index in [9.17, 15) is 29.1 Å². The van der Waals surface area contributed by atoms with Gasteiger partial charge in [-0.2, -0.15) is 0 Å². The highest BCUT2D eigenvalue weighted by atomic mass is 16.5. The van der Waals surface area contributed by atoms with Gasteiger partial charge in [0.2, 0.25) is 0 Å². The van der Waals surface area contributed by atoms with E-state index in [2.05, 4.69) is 77.3 Å². The minimum atomic E-state index is -0.189. The fourth-order valence-corrected chi connectivity index (χ4v) is 23.6. The molecule has 4 aliphatic heterocycles. The van der Waals surface area contributed by atoms with Gasteiger partial charge in [-0.3, -0.25) is 33.8 Å². The van der Waals surface area contributed by atoms with E-state index in [0.717, 1.165) is 109 Å². The summed E-state index contributed by atoms with van der Waals surface area (Å²) in [5, 5.41) is 10.5. The van der Waals surface area contributed by atoms with Crippen LogP contribution in [0, 0.1) is 70.0 Å². The normalized spacial score (nSPS) is 37.7. The molecule has 4 saturated heterocycles. The molecule has 0 bridgehead atoms. The van der Waals surface area contributed by atoms with Crippen molar-refractivity contribution in [1.29, 1.82) is 0 Å². The number of aliphatic hydroxyl groups excluding tert-OH is 1. The molecule has 4 aromatic rings. The fraction of sp³-hybridized carbons (Fsp3) is 0.580. The van der Waals surface area contributed by atoms with Crippen LogP contribution < -0.4 is 0 Å². The number of likely N-dealkylation sites (tertiary alicyclic amines) is 2. The molecule has 10 heteroatoms. The number of carbonyl (C=O) groups is 5. The summed E-state index contributed by atoms with van der Waals surface area (Å²) in [4.78, 5) is 69.9. The van der Waals surface area contributed by atoms with Crippen LogP contribution in [0.1, 0.15) is 236 Å². The maximum Gasteiger partial charge on any atom is 0.193 e. The van der Waals surface area contributed by atoms with Crippen LogP contribution in [0.25, 0.3) is 0 Å². The Morgan fingerprint density at radius 1 is 0.520 bits per heavy atom. The molecule has 16 rings (SSSR count). The molecule has 4 saturated carbocycles. The third-order valence-electron chi connectivity index (χ3n) is 28.8. The Morgan fingerprint density at radius 2 is 0.939 bits per heavy atom. The molecule has 4 heterocycles. The molecule has 4 aromatic carbocycles. The molecule has 0 aromatic heterocycles. The van der Waals surface area contributed by atoms with Crippen molar-refractivity contribution >= 4 is 28.9 Å². The van der Waals surface area contributed by atoms with Gasteiger partial charge in [0.15, 0.2) is 23.1 Å². The SMILES string of the molecule is CC1=C2C[C@H]3[C@@H](CC=C4CC(=O)CC[C@@]43C)[C@@H]2CC[C@]12O[C@@H]1C[C@H](C)CN(CCCC(=O)c3ccc(C(=O)c4ccccc4)cc3)[C@H]1[C@H]2C.CC1=C2C[C@H]3[C@@H](CC=C4C[C@@H](O)CC[C@@]43C)[C@@H]2CC[C@]12O[C@@H]1C[C@H](C)CN(CCCC(=O)c3ccc(C(=O)c4ccccc4)cc3)[C@H]1[C@H]2C. The van der Waals surface area contributed by atoms with Crippen molar-refractivity contribution in [3.8, 4) is 0 Å². The van der Waals surface area contributed by atoms with Crippen molar-refractivity contribution in [2.24, 2.45) is 70.0 Å². The summed E-state index contributed by atoms with van der Waals surface area (Å²) in [7, 11) is 0. The summed E-state index contributed by atoms with van der Waals surface area (Å²) in [5.74, 6) is 6.76. The zero-order valence-electron chi connectivity index (χ0n) is 59.9. The largest absolute Gasteiger partial charge is 0.393 e. The first kappa shape index (κ1) is 67.8. The third-order valence-corrected chi connectivity index (χ3v) is 28.8. The molecule has 0 amide bonds. The van der Waals surface area contributed by atoms with Crippen LogP contribution in [-0.4, -0.2) is 112 Å². The Bertz CT molecular complexity index is 3860. The smallest absolute Gasteiger partial charge is 0.193 e. The minimum Gasteiger partial charge on any atom is -0.393 e. The second-order valence-corrected chi connectivity index (χ2v) is 33.8. The summed E-state index contributed by atoms with van der Waals surface area (Å²) in [6, 6.07) is 33.7. The molecule has 0 radical (unpaired) electrons. The average molecular weight is 1320 g/mol. The number of hydrogen-bond donors (Lipinski definition) is 1. The Hall–Kier alpha value is -6.01. The van der Waals surface area contributed by atoms with Gasteiger partial charge in [0.25, 0.3) is 0 Å². The zero-order chi connectivity index (χ0) is 68.2. The van der Waals surface area contributed by atoms with E-state index in [-0.39, 0.29) is 63.5 Å². The highest BCUT2D eigenvalue weighted by Gasteiger charge is 2.64. The van der Waals surface area contributed by atoms with Crippen LogP contribution in [0.3, 0.4) is 0 Å². The first-order chi connectivity index (χ1) is 47.2. The molecule has 1 N–H and O–H groups in total. The lowest BCUT2D eigenvalue weighted by Gasteiger charge is -2.49. The van der Waals surface area contributed by atoms with Crippen molar-refractivity contribution in [2.75, 3.05) is 26.2 Å². The number of Topliss-reactive ketones (excluding diaryl/α,β-unsaturated/α-hetero) is 3. The Kier molecular flexibility index (Phi) is 18.5. The number of hydrogen-bond acceptors (Lipinski definition) is 10. The predicted octanol–water partition coefficient (Wildman–Crippen LogP) is 17.4. The number of benzene rings is 4. The fourth-order valence-electron chi connectivity index (χ4n) is 23.6. The lowest BCUT2D eigenvalue weighted by atomic mass is 9.56. The second-order valence-electron chi connectivity index (χ2n) is 33.8. The number of fused-ring (bicyclic) bond motifs is 12. The van der Waals surface area contributed by atoms with E-state index in [0.29, 0.717) is 124 Å². The molecule has 2 spiro atoms. The van der Waals surface area contributed by atoms with Crippen LogP contribution in [0.2, 0.25) is 0 Å². The van der Waals surface area contributed by atoms with Crippen LogP contribution in [-0.2, 0) is 14.3 Å². The van der Waals surface area contributed by atoms with Crippen molar-refractivity contribution in [3.63, 3.8) is 0 Å². The topological polar surface area (TPSA) is 131 Å². The summed E-state index contributed by atoms with van der Waals surface area (Å²) in [6.45, 7) is 23.4. The van der Waals surface area contributed by atoms with E-state index in [1.54, 1.807) is 41.0 Å². The molecular weight excluding hydrogens is 1210 g/mol. The molecule has 518 valence electrons. The average Bonchev–Trinajstić information content (AvgIpc) is 1.56. The molecule has 8 aliphatic carbocycles. The number of nitrogens with zero attached hydrogens (tertiary/aromatic N) is 2. The number of piperidine rings is 2. The summed E-state index contributed by atoms with van der Waals surface area (Å²) in [5.41, 5.74) is 13.4. The van der Waals surface area contributed by atoms with Crippen molar-refractivity contribution in [3.05, 3.63) is 188 Å². The quantitative estimate of drug-likeness (QED) is 0.0962. The predicted molar refractivity (Wildman–Crippen MR) is 386 cm³/mol. The number of ether oxygens (including phenoxy) is 2. The standard InChI is InChI=1S/C44H55NO4.C44H53NO4/c2*1-27-23-40-41(45(26-27)22-8-11-39(47)30-12-14-32(15-13-30)42(48)31-9-6-5-7-10-31)29(3)44(49-40)21-19-35-36-17-16-33-24-34(46)18-20-43(33,4)38(36)25-37(35)28(44)2/h5-7,9-10,12-16,27,29,34-36,38,40-41,46H,8,11,17-26H2,1-4H3;5-7,9-10,12-16,27,29,35-36,38,40-41H,8,11,17-26H2,1-4H3/t27-,29+,34-,35-,36-,38-,40+,41-,43-,44-;27-,29+,35-,36-,38-,40+,41-,43-,44-/m00/s1. The molecule has 0 unspecified atom stereocenters. The van der Waals surface area contributed by atoms with Gasteiger partial charge in [-0.05, 0) is 199 Å². The number of rotatable bonds is 14. The van der Waals surface area contributed by atoms with E-state index >= 15 is 0 Å². The van der Waals surface area contributed by atoms with Crippen LogP contribution in [0.5, 0.6) is 0 Å². The summed E-state index contributed by atoms with van der Waals surface area (Å²) < 4.78 is 14.7. The first-order valence-electron chi connectivity index (χ1n) is 38.5. The van der Waals surface area contributed by atoms with Crippen molar-refractivity contribution in [1.82, 2.24) is 9.80 Å². The lowest BCUT2D eigenvalue weighted by Crippen LogP contribution is -2.52. The second kappa shape index (κ2) is 26.7. The van der Waals surface area contributed by atoms with E-state index < -0.39 is 0 Å². The minimum absolute atomic E-state index is 0.0184. The highest BCUT2D eigenvalue weighted by molar-refractivity contribution is 6.10. The number of allylic oxidation sites excluding steroid dienone is 5. The van der Waals surface area contributed by atoms with Crippen molar-refractivity contribution < 1.29 is 38.6 Å². The van der Waals surface area contributed by atoms with Crippen LogP contribution in [0.4, 0.5) is 0 Å². The van der Waals surface area contributed by atoms with E-state index in [4.69, 9.17) is 9.47 Å². The van der Waals surface area contributed by atoms with Gasteiger partial charge in [-0.15, -0.1) is 0 Å². The molecule has 98 heavy (non-hydrogen) atoms. The van der Waals surface area contributed by atoms with E-state index in [1.165, 1.54) is 48.8 Å². The molecule has 12 aliphatic rings. The third kappa shape index (κ3) is 11.8. The summed E-state index contributed by atoms with van der Waals surface area (Å²) in [6.07, 6.45) is 25.0. The van der Waals surface area contributed by atoms with Gasteiger partial charge in [0.05, 0.1) is 29.5 Å². The Morgan fingerprint density at radius 3 is 1.40 bits per heavy atom. The van der Waals surface area contributed by atoms with Gasteiger partial charge in [-0.25, -0.2) is 0 Å². The monoisotopic (exact) mass is 1320 g/mol. The van der Waals surface area contributed by atoms with Gasteiger partial charge in [-0.1, -0.05) is 185 Å². The number of aliphatic hydroxyl groups is 1. The molecule has 10 nitrogen and oxygen atoms in total. The van der Waals surface area contributed by atoms with Gasteiger partial charge < -0.3 is 14.6 Å². The van der Waals surface area contributed by atoms with Crippen molar-refractivity contribution in [2.45, 2.75) is 225 Å². The lowest BCUT2D eigenvalue weighted by molar-refractivity contribution is -0.121.